The van der Waals surface area contributed by atoms with E-state index in [0.717, 1.165) is 37.1 Å². The van der Waals surface area contributed by atoms with Crippen LogP contribution in [0.15, 0.2) is 18.9 Å². The van der Waals surface area contributed by atoms with Crippen LogP contribution in [0.3, 0.4) is 0 Å². The molecule has 1 aliphatic rings. The lowest BCUT2D eigenvalue weighted by Gasteiger charge is -2.01. The van der Waals surface area contributed by atoms with Crippen molar-refractivity contribution in [3.63, 3.8) is 0 Å². The summed E-state index contributed by atoms with van der Waals surface area (Å²) in [7, 11) is 1.97. The van der Waals surface area contributed by atoms with Crippen LogP contribution >= 0.6 is 0 Å². The Labute approximate surface area is 106 Å². The zero-order valence-electron chi connectivity index (χ0n) is 10.6. The van der Waals surface area contributed by atoms with Gasteiger partial charge in [0.15, 0.2) is 0 Å². The van der Waals surface area contributed by atoms with Gasteiger partial charge in [-0.05, 0) is 12.8 Å². The second kappa shape index (κ2) is 4.89. The van der Waals surface area contributed by atoms with Gasteiger partial charge in [0.2, 0.25) is 0 Å². The van der Waals surface area contributed by atoms with E-state index < -0.39 is 0 Å². The molecule has 1 saturated carbocycles. The molecule has 0 spiro atoms. The Kier molecular flexibility index (Phi) is 3.10. The predicted octanol–water partition coefficient (Wildman–Crippen LogP) is 0.506. The van der Waals surface area contributed by atoms with Crippen molar-refractivity contribution in [3.8, 4) is 0 Å². The summed E-state index contributed by atoms with van der Waals surface area (Å²) in [5, 5.41) is 11.4. The summed E-state index contributed by atoms with van der Waals surface area (Å²) in [6, 6.07) is 0.730. The fourth-order valence-electron chi connectivity index (χ4n) is 1.92. The minimum atomic E-state index is 0.730. The highest BCUT2D eigenvalue weighted by Gasteiger charge is 2.20. The van der Waals surface area contributed by atoms with Crippen molar-refractivity contribution in [1.29, 1.82) is 0 Å². The second-order valence-corrected chi connectivity index (χ2v) is 4.87. The van der Waals surface area contributed by atoms with Crippen LogP contribution in [0.5, 0.6) is 0 Å². The number of hydrogen-bond donors (Lipinski definition) is 1. The van der Waals surface area contributed by atoms with Gasteiger partial charge in [-0.15, -0.1) is 10.2 Å². The monoisotopic (exact) mass is 246 g/mol. The number of aryl methyl sites for hydroxylation is 3. The maximum Gasteiger partial charge on any atom is 0.134 e. The lowest BCUT2D eigenvalue weighted by molar-refractivity contribution is 0.645. The molecule has 0 unspecified atom stereocenters. The lowest BCUT2D eigenvalue weighted by Crippen LogP contribution is -2.15. The van der Waals surface area contributed by atoms with Gasteiger partial charge in [0.1, 0.15) is 12.2 Å². The van der Waals surface area contributed by atoms with Crippen molar-refractivity contribution < 1.29 is 0 Å². The molecule has 2 aromatic heterocycles. The highest BCUT2D eigenvalue weighted by molar-refractivity contribution is 4.98. The molecule has 3 rings (SSSR count). The molecule has 96 valence electrons. The van der Waals surface area contributed by atoms with Crippen molar-refractivity contribution in [2.75, 3.05) is 0 Å². The molecule has 2 aromatic rings. The van der Waals surface area contributed by atoms with Crippen molar-refractivity contribution in [3.05, 3.63) is 30.4 Å². The quantitative estimate of drug-likeness (QED) is 0.806. The molecule has 2 heterocycles. The molecule has 1 N–H and O–H groups in total. The van der Waals surface area contributed by atoms with E-state index in [0.29, 0.717) is 0 Å². The van der Waals surface area contributed by atoms with Crippen LogP contribution < -0.4 is 5.32 Å². The van der Waals surface area contributed by atoms with Gasteiger partial charge < -0.3 is 14.5 Å². The summed E-state index contributed by atoms with van der Waals surface area (Å²) in [6.45, 7) is 1.77. The molecule has 0 aliphatic heterocycles. The molecule has 6 heteroatoms. The van der Waals surface area contributed by atoms with Crippen LogP contribution in [0.4, 0.5) is 0 Å². The zero-order valence-corrected chi connectivity index (χ0v) is 10.6. The van der Waals surface area contributed by atoms with Crippen molar-refractivity contribution >= 4 is 0 Å². The van der Waals surface area contributed by atoms with Gasteiger partial charge in [-0.3, -0.25) is 0 Å². The molecule has 1 fully saturated rings. The zero-order chi connectivity index (χ0) is 12.4. The van der Waals surface area contributed by atoms with Crippen LogP contribution in [-0.2, 0) is 26.6 Å². The molecule has 0 atom stereocenters. The molecule has 0 aromatic carbocycles. The van der Waals surface area contributed by atoms with E-state index in [2.05, 4.69) is 31.3 Å². The van der Waals surface area contributed by atoms with E-state index in [1.807, 2.05) is 17.9 Å². The number of aromatic nitrogens is 5. The number of imidazole rings is 1. The van der Waals surface area contributed by atoms with Gasteiger partial charge in [0.25, 0.3) is 0 Å². The Morgan fingerprint density at radius 2 is 2.28 bits per heavy atom. The molecule has 1 aliphatic carbocycles. The highest BCUT2D eigenvalue weighted by Crippen LogP contribution is 2.18. The summed E-state index contributed by atoms with van der Waals surface area (Å²) < 4.78 is 4.06. The van der Waals surface area contributed by atoms with Crippen molar-refractivity contribution in [2.45, 2.75) is 38.4 Å². The Bertz CT molecular complexity index is 510. The average molecular weight is 246 g/mol. The summed E-state index contributed by atoms with van der Waals surface area (Å²) >= 11 is 0. The van der Waals surface area contributed by atoms with Gasteiger partial charge in [-0.1, -0.05) is 0 Å². The smallest absolute Gasteiger partial charge is 0.134 e. The van der Waals surface area contributed by atoms with Gasteiger partial charge in [0.05, 0.1) is 12.0 Å². The molecular weight excluding hydrogens is 228 g/mol. The van der Waals surface area contributed by atoms with E-state index in [1.54, 1.807) is 6.33 Å². The maximum atomic E-state index is 4.40. The standard InChI is InChI=1S/C12H18N6/c1-17-9-15-16-12(17)4-5-18-7-11(14-8-18)6-13-10-2-3-10/h7-10,13H,2-6H2,1H3. The van der Waals surface area contributed by atoms with E-state index in [4.69, 9.17) is 0 Å². The largest absolute Gasteiger partial charge is 0.337 e. The average Bonchev–Trinajstić information content (AvgIpc) is 2.94. The van der Waals surface area contributed by atoms with E-state index in [1.165, 1.54) is 12.8 Å². The molecule has 0 bridgehead atoms. The first-order chi connectivity index (χ1) is 8.81. The Hall–Kier alpha value is -1.69. The van der Waals surface area contributed by atoms with E-state index in [-0.39, 0.29) is 0 Å². The third-order valence-electron chi connectivity index (χ3n) is 3.23. The van der Waals surface area contributed by atoms with E-state index >= 15 is 0 Å². The Balaban J connectivity index is 1.51. The predicted molar refractivity (Wildman–Crippen MR) is 66.8 cm³/mol. The topological polar surface area (TPSA) is 60.6 Å². The molecule has 0 saturated heterocycles. The van der Waals surface area contributed by atoms with Crippen LogP contribution in [0, 0.1) is 0 Å². The molecular formula is C12H18N6. The minimum absolute atomic E-state index is 0.730. The highest BCUT2D eigenvalue weighted by atomic mass is 15.2. The number of nitrogens with one attached hydrogen (secondary N) is 1. The van der Waals surface area contributed by atoms with Gasteiger partial charge in [-0.2, -0.15) is 0 Å². The molecule has 18 heavy (non-hydrogen) atoms. The van der Waals surface area contributed by atoms with Gasteiger partial charge in [-0.25, -0.2) is 4.98 Å². The first-order valence-electron chi connectivity index (χ1n) is 6.38. The normalized spacial score (nSPS) is 15.2. The fourth-order valence-corrected chi connectivity index (χ4v) is 1.92. The first-order valence-corrected chi connectivity index (χ1v) is 6.38. The number of rotatable bonds is 6. The van der Waals surface area contributed by atoms with Gasteiger partial charge in [0, 0.05) is 38.8 Å². The Morgan fingerprint density at radius 3 is 3.00 bits per heavy atom. The SMILES string of the molecule is Cn1cnnc1CCn1cnc(CNC2CC2)c1. The van der Waals surface area contributed by atoms with Crippen molar-refractivity contribution in [1.82, 2.24) is 29.6 Å². The molecule has 0 amide bonds. The van der Waals surface area contributed by atoms with Crippen LogP contribution in [-0.4, -0.2) is 30.4 Å². The van der Waals surface area contributed by atoms with E-state index in [9.17, 15) is 0 Å². The maximum absolute atomic E-state index is 4.40. The summed E-state index contributed by atoms with van der Waals surface area (Å²) in [5.41, 5.74) is 1.11. The fraction of sp³-hybridized carbons (Fsp3) is 0.583. The van der Waals surface area contributed by atoms with Crippen LogP contribution in [0.25, 0.3) is 0 Å². The summed E-state index contributed by atoms with van der Waals surface area (Å²) in [4.78, 5) is 4.40. The lowest BCUT2D eigenvalue weighted by atomic mass is 10.4. The number of nitrogens with zero attached hydrogens (tertiary/aromatic N) is 5. The van der Waals surface area contributed by atoms with Crippen LogP contribution in [0.1, 0.15) is 24.4 Å². The summed E-state index contributed by atoms with van der Waals surface area (Å²) in [5.74, 6) is 1.00. The van der Waals surface area contributed by atoms with Gasteiger partial charge >= 0.3 is 0 Å². The molecule has 0 radical (unpaired) electrons. The van der Waals surface area contributed by atoms with Crippen LogP contribution in [0.2, 0.25) is 0 Å². The first kappa shape index (κ1) is 11.4. The second-order valence-electron chi connectivity index (χ2n) is 4.87. The third kappa shape index (κ3) is 2.76. The summed E-state index contributed by atoms with van der Waals surface area (Å²) in [6.07, 6.45) is 9.22. The Morgan fingerprint density at radius 1 is 1.39 bits per heavy atom. The molecule has 6 nitrogen and oxygen atoms in total. The number of hydrogen-bond acceptors (Lipinski definition) is 4. The van der Waals surface area contributed by atoms with Crippen molar-refractivity contribution in [2.24, 2.45) is 7.05 Å². The minimum Gasteiger partial charge on any atom is -0.337 e. The third-order valence-corrected chi connectivity index (χ3v) is 3.23.